The Kier molecular flexibility index (Phi) is 3.90. The van der Waals surface area contributed by atoms with E-state index in [2.05, 4.69) is 42.3 Å². The third-order valence-electron chi connectivity index (χ3n) is 4.58. The summed E-state index contributed by atoms with van der Waals surface area (Å²) in [7, 11) is 0. The van der Waals surface area contributed by atoms with E-state index in [4.69, 9.17) is 0 Å². The average Bonchev–Trinajstić information content (AvgIpc) is 3.20. The molecule has 19 heavy (non-hydrogen) atoms. The lowest BCUT2D eigenvalue weighted by Gasteiger charge is -2.32. The first kappa shape index (κ1) is 13.1. The molecule has 1 saturated carbocycles. The predicted octanol–water partition coefficient (Wildman–Crippen LogP) is 3.05. The van der Waals surface area contributed by atoms with E-state index in [-0.39, 0.29) is 0 Å². The number of rotatable bonds is 3. The fourth-order valence-electron chi connectivity index (χ4n) is 3.46. The van der Waals surface area contributed by atoms with Crippen LogP contribution < -0.4 is 5.32 Å². The molecule has 2 fully saturated rings. The molecule has 1 aromatic rings. The van der Waals surface area contributed by atoms with Crippen molar-refractivity contribution < 1.29 is 0 Å². The summed E-state index contributed by atoms with van der Waals surface area (Å²) in [6, 6.07) is 7.68. The zero-order chi connectivity index (χ0) is 13.2. The summed E-state index contributed by atoms with van der Waals surface area (Å²) in [6.07, 6.45) is 4.12. The Balaban J connectivity index is 1.87. The zero-order valence-electron chi connectivity index (χ0n) is 12.3. The van der Waals surface area contributed by atoms with Crippen LogP contribution in [0.25, 0.3) is 0 Å². The fraction of sp³-hybridized carbons (Fsp3) is 0.647. The van der Waals surface area contributed by atoms with Gasteiger partial charge in [-0.2, -0.15) is 0 Å². The first-order chi connectivity index (χ1) is 9.25. The number of hydrogen-bond donors (Lipinski definition) is 1. The summed E-state index contributed by atoms with van der Waals surface area (Å²) < 4.78 is 0. The highest BCUT2D eigenvalue weighted by atomic mass is 15.2. The SMILES string of the molecule is Cc1ccc(C(C2CC2)N2CCCNCC2)c(C)c1. The van der Waals surface area contributed by atoms with Crippen LogP contribution in [0.15, 0.2) is 18.2 Å². The van der Waals surface area contributed by atoms with Gasteiger partial charge in [0.05, 0.1) is 0 Å². The summed E-state index contributed by atoms with van der Waals surface area (Å²) in [6.45, 7) is 9.26. The van der Waals surface area contributed by atoms with Gasteiger partial charge in [0.2, 0.25) is 0 Å². The molecule has 0 radical (unpaired) electrons. The Labute approximate surface area is 117 Å². The van der Waals surface area contributed by atoms with Gasteiger partial charge in [-0.05, 0) is 56.7 Å². The molecule has 1 saturated heterocycles. The second kappa shape index (κ2) is 5.64. The smallest absolute Gasteiger partial charge is 0.0379 e. The molecule has 1 N–H and O–H groups in total. The molecule has 1 atom stereocenters. The van der Waals surface area contributed by atoms with Crippen LogP contribution in [0.2, 0.25) is 0 Å². The van der Waals surface area contributed by atoms with E-state index in [0.29, 0.717) is 6.04 Å². The number of hydrogen-bond acceptors (Lipinski definition) is 2. The molecule has 1 aromatic carbocycles. The van der Waals surface area contributed by atoms with Gasteiger partial charge in [-0.1, -0.05) is 23.8 Å². The average molecular weight is 258 g/mol. The summed E-state index contributed by atoms with van der Waals surface area (Å²) >= 11 is 0. The quantitative estimate of drug-likeness (QED) is 0.896. The minimum Gasteiger partial charge on any atom is -0.315 e. The predicted molar refractivity (Wildman–Crippen MR) is 80.4 cm³/mol. The van der Waals surface area contributed by atoms with Crippen molar-refractivity contribution >= 4 is 0 Å². The van der Waals surface area contributed by atoms with Crippen LogP contribution in [-0.4, -0.2) is 31.1 Å². The second-order valence-corrected chi connectivity index (χ2v) is 6.28. The molecule has 1 aliphatic heterocycles. The Morgan fingerprint density at radius 2 is 2.00 bits per heavy atom. The van der Waals surface area contributed by atoms with Crippen LogP contribution in [0.1, 0.15) is 42.0 Å². The van der Waals surface area contributed by atoms with Crippen molar-refractivity contribution in [2.24, 2.45) is 5.92 Å². The van der Waals surface area contributed by atoms with Crippen molar-refractivity contribution in [2.45, 2.75) is 39.2 Å². The molecular weight excluding hydrogens is 232 g/mol. The van der Waals surface area contributed by atoms with Gasteiger partial charge in [-0.15, -0.1) is 0 Å². The molecule has 0 amide bonds. The Bertz CT molecular complexity index is 429. The molecule has 1 heterocycles. The van der Waals surface area contributed by atoms with E-state index in [0.717, 1.165) is 12.5 Å². The molecule has 2 aliphatic rings. The normalized spacial score (nSPS) is 23.1. The summed E-state index contributed by atoms with van der Waals surface area (Å²) in [4.78, 5) is 2.73. The van der Waals surface area contributed by atoms with Gasteiger partial charge >= 0.3 is 0 Å². The highest BCUT2D eigenvalue weighted by Gasteiger charge is 2.36. The number of aryl methyl sites for hydroxylation is 2. The molecule has 0 bridgehead atoms. The lowest BCUT2D eigenvalue weighted by Crippen LogP contribution is -2.33. The van der Waals surface area contributed by atoms with E-state index < -0.39 is 0 Å². The van der Waals surface area contributed by atoms with Gasteiger partial charge in [0, 0.05) is 25.7 Å². The van der Waals surface area contributed by atoms with Gasteiger partial charge in [0.1, 0.15) is 0 Å². The molecule has 0 spiro atoms. The van der Waals surface area contributed by atoms with Gasteiger partial charge in [-0.3, -0.25) is 4.90 Å². The van der Waals surface area contributed by atoms with Crippen molar-refractivity contribution in [3.8, 4) is 0 Å². The van der Waals surface area contributed by atoms with E-state index in [1.165, 1.54) is 50.0 Å². The van der Waals surface area contributed by atoms with Gasteiger partial charge in [0.15, 0.2) is 0 Å². The first-order valence-corrected chi connectivity index (χ1v) is 7.77. The Hall–Kier alpha value is -0.860. The lowest BCUT2D eigenvalue weighted by atomic mass is 9.94. The maximum atomic E-state index is 3.52. The fourth-order valence-corrected chi connectivity index (χ4v) is 3.46. The molecule has 2 heteroatoms. The van der Waals surface area contributed by atoms with Crippen LogP contribution in [0.5, 0.6) is 0 Å². The Morgan fingerprint density at radius 3 is 2.74 bits per heavy atom. The number of nitrogens with zero attached hydrogens (tertiary/aromatic N) is 1. The van der Waals surface area contributed by atoms with Crippen LogP contribution in [-0.2, 0) is 0 Å². The van der Waals surface area contributed by atoms with E-state index in [9.17, 15) is 0 Å². The molecule has 2 nitrogen and oxygen atoms in total. The highest BCUT2D eigenvalue weighted by molar-refractivity contribution is 5.34. The van der Waals surface area contributed by atoms with E-state index >= 15 is 0 Å². The maximum absolute atomic E-state index is 3.52. The van der Waals surface area contributed by atoms with Crippen molar-refractivity contribution in [3.05, 3.63) is 34.9 Å². The largest absolute Gasteiger partial charge is 0.315 e. The molecule has 1 aliphatic carbocycles. The molecule has 0 aromatic heterocycles. The van der Waals surface area contributed by atoms with Gasteiger partial charge < -0.3 is 5.32 Å². The minimum absolute atomic E-state index is 0.667. The standard InChI is InChI=1S/C17H26N2/c1-13-4-7-16(14(2)12-13)17(15-5-6-15)19-10-3-8-18-9-11-19/h4,7,12,15,17-18H,3,5-6,8-11H2,1-2H3. The third kappa shape index (κ3) is 3.01. The molecule has 1 unspecified atom stereocenters. The first-order valence-electron chi connectivity index (χ1n) is 7.77. The van der Waals surface area contributed by atoms with Crippen molar-refractivity contribution in [2.75, 3.05) is 26.2 Å². The van der Waals surface area contributed by atoms with Crippen LogP contribution in [0.3, 0.4) is 0 Å². The van der Waals surface area contributed by atoms with Crippen LogP contribution in [0.4, 0.5) is 0 Å². The van der Waals surface area contributed by atoms with Crippen molar-refractivity contribution in [3.63, 3.8) is 0 Å². The van der Waals surface area contributed by atoms with E-state index in [1.807, 2.05) is 0 Å². The van der Waals surface area contributed by atoms with Crippen LogP contribution >= 0.6 is 0 Å². The van der Waals surface area contributed by atoms with E-state index in [1.54, 1.807) is 5.56 Å². The Morgan fingerprint density at radius 1 is 1.16 bits per heavy atom. The molecule has 104 valence electrons. The zero-order valence-corrected chi connectivity index (χ0v) is 12.3. The van der Waals surface area contributed by atoms with Crippen molar-refractivity contribution in [1.29, 1.82) is 0 Å². The molecular formula is C17H26N2. The summed E-state index contributed by atoms with van der Waals surface area (Å²) in [5.41, 5.74) is 4.44. The number of benzene rings is 1. The topological polar surface area (TPSA) is 15.3 Å². The van der Waals surface area contributed by atoms with Gasteiger partial charge in [0.25, 0.3) is 0 Å². The monoisotopic (exact) mass is 258 g/mol. The summed E-state index contributed by atoms with van der Waals surface area (Å²) in [5, 5.41) is 3.52. The lowest BCUT2D eigenvalue weighted by molar-refractivity contribution is 0.188. The van der Waals surface area contributed by atoms with Crippen LogP contribution in [0, 0.1) is 19.8 Å². The molecule has 3 rings (SSSR count). The van der Waals surface area contributed by atoms with Gasteiger partial charge in [-0.25, -0.2) is 0 Å². The number of nitrogens with one attached hydrogen (secondary N) is 1. The minimum atomic E-state index is 0.667. The summed E-state index contributed by atoms with van der Waals surface area (Å²) in [5.74, 6) is 0.902. The third-order valence-corrected chi connectivity index (χ3v) is 4.58. The van der Waals surface area contributed by atoms with Crippen molar-refractivity contribution in [1.82, 2.24) is 10.2 Å². The second-order valence-electron chi connectivity index (χ2n) is 6.28. The maximum Gasteiger partial charge on any atom is 0.0379 e. The highest BCUT2D eigenvalue weighted by Crippen LogP contribution is 2.45.